The Bertz CT molecular complexity index is 730. The summed E-state index contributed by atoms with van der Waals surface area (Å²) in [5.41, 5.74) is -0.256. The van der Waals surface area contributed by atoms with E-state index in [1.54, 1.807) is 0 Å². The van der Waals surface area contributed by atoms with Crippen LogP contribution in [-0.2, 0) is 4.79 Å². The van der Waals surface area contributed by atoms with E-state index in [1.807, 2.05) is 0 Å². The van der Waals surface area contributed by atoms with E-state index in [0.717, 1.165) is 44.9 Å². The molecule has 2 fully saturated rings. The van der Waals surface area contributed by atoms with Crippen molar-refractivity contribution in [2.45, 2.75) is 56.5 Å². The van der Waals surface area contributed by atoms with Crippen LogP contribution in [0.4, 0.5) is 4.39 Å². The number of likely N-dealkylation sites (tertiary alicyclic amines) is 1. The minimum absolute atomic E-state index is 0.0423. The van der Waals surface area contributed by atoms with Gasteiger partial charge in [0.2, 0.25) is 5.91 Å². The van der Waals surface area contributed by atoms with Gasteiger partial charge in [-0.2, -0.15) is 5.26 Å². The summed E-state index contributed by atoms with van der Waals surface area (Å²) in [5, 5.41) is 15.4. The Balaban J connectivity index is 1.42. The number of nitrogens with zero attached hydrogens (tertiary/aromatic N) is 2. The summed E-state index contributed by atoms with van der Waals surface area (Å²) in [6.45, 7) is 1.70. The Kier molecular flexibility index (Phi) is 6.63. The molecular weight excluding hydrogens is 359 g/mol. The quantitative estimate of drug-likeness (QED) is 0.814. The van der Waals surface area contributed by atoms with Crippen LogP contribution in [0.25, 0.3) is 0 Å². The fourth-order valence-corrected chi connectivity index (χ4v) is 4.03. The number of piperidine rings is 1. The lowest BCUT2D eigenvalue weighted by atomic mass is 9.83. The molecule has 1 saturated heterocycles. The van der Waals surface area contributed by atoms with Gasteiger partial charge in [0.15, 0.2) is 0 Å². The van der Waals surface area contributed by atoms with Crippen LogP contribution in [-0.4, -0.2) is 47.9 Å². The Morgan fingerprint density at radius 1 is 1.14 bits per heavy atom. The molecule has 6 nitrogen and oxygen atoms in total. The average molecular weight is 386 g/mol. The number of benzene rings is 1. The highest BCUT2D eigenvalue weighted by Crippen LogP contribution is 2.27. The molecule has 1 aromatic carbocycles. The van der Waals surface area contributed by atoms with Crippen LogP contribution in [0.3, 0.4) is 0 Å². The van der Waals surface area contributed by atoms with Crippen molar-refractivity contribution in [1.82, 2.24) is 15.5 Å². The Hall–Kier alpha value is -2.46. The number of carbonyl (C=O) groups is 2. The van der Waals surface area contributed by atoms with E-state index < -0.39 is 5.54 Å². The summed E-state index contributed by atoms with van der Waals surface area (Å²) in [6, 6.07) is 7.85. The highest BCUT2D eigenvalue weighted by atomic mass is 19.1. The Morgan fingerprint density at radius 2 is 1.79 bits per heavy atom. The highest BCUT2D eigenvalue weighted by molar-refractivity contribution is 5.94. The molecule has 0 atom stereocenters. The normalized spacial score (nSPS) is 20.1. The molecule has 0 unspecified atom stereocenters. The molecule has 150 valence electrons. The topological polar surface area (TPSA) is 85.2 Å². The molecule has 2 N–H and O–H groups in total. The van der Waals surface area contributed by atoms with Gasteiger partial charge in [0, 0.05) is 24.7 Å². The lowest BCUT2D eigenvalue weighted by Gasteiger charge is -2.34. The van der Waals surface area contributed by atoms with Crippen LogP contribution in [0.1, 0.15) is 55.3 Å². The van der Waals surface area contributed by atoms with Gasteiger partial charge in [-0.05, 0) is 49.9 Å². The number of hydrogen-bond donors (Lipinski definition) is 2. The van der Waals surface area contributed by atoms with Crippen molar-refractivity contribution in [1.29, 1.82) is 5.26 Å². The predicted molar refractivity (Wildman–Crippen MR) is 103 cm³/mol. The van der Waals surface area contributed by atoms with Crippen LogP contribution < -0.4 is 10.6 Å². The third-order valence-corrected chi connectivity index (χ3v) is 5.70. The molecular formula is C21H27FN4O2. The van der Waals surface area contributed by atoms with E-state index >= 15 is 0 Å². The lowest BCUT2D eigenvalue weighted by Crippen LogP contribution is -2.53. The zero-order valence-corrected chi connectivity index (χ0v) is 16.0. The van der Waals surface area contributed by atoms with Crippen molar-refractivity contribution >= 4 is 11.8 Å². The van der Waals surface area contributed by atoms with E-state index in [9.17, 15) is 19.2 Å². The zero-order valence-electron chi connectivity index (χ0n) is 16.0. The molecule has 1 aliphatic heterocycles. The van der Waals surface area contributed by atoms with Gasteiger partial charge < -0.3 is 10.6 Å². The molecule has 28 heavy (non-hydrogen) atoms. The first-order valence-corrected chi connectivity index (χ1v) is 10.0. The van der Waals surface area contributed by atoms with Crippen LogP contribution in [0.2, 0.25) is 0 Å². The van der Waals surface area contributed by atoms with E-state index in [2.05, 4.69) is 21.6 Å². The summed E-state index contributed by atoms with van der Waals surface area (Å²) in [4.78, 5) is 26.7. The van der Waals surface area contributed by atoms with Gasteiger partial charge in [-0.3, -0.25) is 14.5 Å². The first-order chi connectivity index (χ1) is 13.5. The molecule has 2 amide bonds. The van der Waals surface area contributed by atoms with Gasteiger partial charge in [-0.1, -0.05) is 19.3 Å². The molecule has 0 aromatic heterocycles. The first kappa shape index (κ1) is 20.3. The van der Waals surface area contributed by atoms with Crippen LogP contribution in [0.5, 0.6) is 0 Å². The number of halogens is 1. The van der Waals surface area contributed by atoms with Gasteiger partial charge in [0.25, 0.3) is 5.91 Å². The summed E-state index contributed by atoms with van der Waals surface area (Å²) >= 11 is 0. The Morgan fingerprint density at radius 3 is 2.39 bits per heavy atom. The van der Waals surface area contributed by atoms with E-state index in [4.69, 9.17) is 0 Å². The van der Waals surface area contributed by atoms with Gasteiger partial charge in [-0.25, -0.2) is 4.39 Å². The van der Waals surface area contributed by atoms with Crippen LogP contribution >= 0.6 is 0 Å². The molecule has 1 saturated carbocycles. The number of nitriles is 1. The maximum atomic E-state index is 13.0. The molecule has 3 rings (SSSR count). The summed E-state index contributed by atoms with van der Waals surface area (Å²) in [5.74, 6) is -0.670. The van der Waals surface area contributed by atoms with Gasteiger partial charge in [0.1, 0.15) is 11.4 Å². The summed E-state index contributed by atoms with van der Waals surface area (Å²) in [6.07, 6.45) is 6.04. The van der Waals surface area contributed by atoms with E-state index in [1.165, 1.54) is 24.3 Å². The van der Waals surface area contributed by atoms with Gasteiger partial charge in [-0.15, -0.1) is 0 Å². The standard InChI is InChI=1S/C21H27FN4O2/c22-17-6-4-16(5-7-17)20(28)24-18-8-12-26(13-9-18)14-19(27)25-21(15-23)10-2-1-3-11-21/h4-7,18H,1-3,8-14H2,(H,24,28)(H,25,27). The molecule has 0 bridgehead atoms. The second-order valence-electron chi connectivity index (χ2n) is 7.83. The highest BCUT2D eigenvalue weighted by Gasteiger charge is 2.34. The minimum atomic E-state index is -0.698. The van der Waals surface area contributed by atoms with Crippen molar-refractivity contribution in [2.75, 3.05) is 19.6 Å². The zero-order chi connectivity index (χ0) is 20.0. The van der Waals surface area contributed by atoms with Crippen molar-refractivity contribution in [2.24, 2.45) is 0 Å². The largest absolute Gasteiger partial charge is 0.349 e. The van der Waals surface area contributed by atoms with E-state index in [0.29, 0.717) is 18.7 Å². The van der Waals surface area contributed by atoms with Crippen molar-refractivity contribution in [3.8, 4) is 6.07 Å². The van der Waals surface area contributed by atoms with Crippen molar-refractivity contribution in [3.63, 3.8) is 0 Å². The maximum Gasteiger partial charge on any atom is 0.251 e. The molecule has 2 aliphatic rings. The number of nitrogens with one attached hydrogen (secondary N) is 2. The fourth-order valence-electron chi connectivity index (χ4n) is 4.03. The average Bonchev–Trinajstić information content (AvgIpc) is 2.70. The molecule has 1 aliphatic carbocycles. The summed E-state index contributed by atoms with van der Waals surface area (Å²) < 4.78 is 13.0. The molecule has 7 heteroatoms. The second kappa shape index (κ2) is 9.16. The Labute approximate surface area is 165 Å². The van der Waals surface area contributed by atoms with Crippen LogP contribution in [0, 0.1) is 17.1 Å². The van der Waals surface area contributed by atoms with Crippen molar-refractivity contribution < 1.29 is 14.0 Å². The molecule has 0 radical (unpaired) electrons. The second-order valence-corrected chi connectivity index (χ2v) is 7.83. The maximum absolute atomic E-state index is 13.0. The van der Waals surface area contributed by atoms with E-state index in [-0.39, 0.29) is 30.2 Å². The lowest BCUT2D eigenvalue weighted by molar-refractivity contribution is -0.124. The summed E-state index contributed by atoms with van der Waals surface area (Å²) in [7, 11) is 0. The molecule has 1 aromatic rings. The number of amides is 2. The molecule has 1 heterocycles. The van der Waals surface area contributed by atoms with Crippen molar-refractivity contribution in [3.05, 3.63) is 35.6 Å². The third-order valence-electron chi connectivity index (χ3n) is 5.70. The number of carbonyl (C=O) groups excluding carboxylic acids is 2. The first-order valence-electron chi connectivity index (χ1n) is 10.0. The predicted octanol–water partition coefficient (Wildman–Crippen LogP) is 2.36. The number of hydrogen-bond acceptors (Lipinski definition) is 4. The van der Waals surface area contributed by atoms with Crippen LogP contribution in [0.15, 0.2) is 24.3 Å². The third kappa shape index (κ3) is 5.29. The minimum Gasteiger partial charge on any atom is -0.349 e. The SMILES string of the molecule is N#CC1(NC(=O)CN2CCC(NC(=O)c3ccc(F)cc3)CC2)CCCCC1. The number of rotatable bonds is 5. The smallest absolute Gasteiger partial charge is 0.251 e. The monoisotopic (exact) mass is 386 g/mol. The van der Waals surface area contributed by atoms with Gasteiger partial charge in [0.05, 0.1) is 12.6 Å². The fraction of sp³-hybridized carbons (Fsp3) is 0.571. The van der Waals surface area contributed by atoms with Gasteiger partial charge >= 0.3 is 0 Å². The molecule has 0 spiro atoms.